The highest BCUT2D eigenvalue weighted by atomic mass is 15.3. The van der Waals surface area contributed by atoms with Gasteiger partial charge in [0.05, 0.1) is 5.69 Å². The van der Waals surface area contributed by atoms with Crippen LogP contribution in [0.4, 0.5) is 0 Å². The lowest BCUT2D eigenvalue weighted by Crippen LogP contribution is -2.37. The fourth-order valence-electron chi connectivity index (χ4n) is 5.15. The van der Waals surface area contributed by atoms with Gasteiger partial charge < -0.3 is 5.32 Å². The predicted octanol–water partition coefficient (Wildman–Crippen LogP) is 3.77. The Kier molecular flexibility index (Phi) is 4.63. The summed E-state index contributed by atoms with van der Waals surface area (Å²) in [5, 5.41) is 8.38. The van der Waals surface area contributed by atoms with Crippen molar-refractivity contribution in [3.8, 4) is 0 Å². The number of fused-ring (bicyclic) bond motifs is 2. The van der Waals surface area contributed by atoms with Crippen LogP contribution in [0.5, 0.6) is 0 Å². The first-order valence-electron chi connectivity index (χ1n) is 9.19. The summed E-state index contributed by atoms with van der Waals surface area (Å²) >= 11 is 0. The van der Waals surface area contributed by atoms with Gasteiger partial charge in [-0.2, -0.15) is 5.10 Å². The van der Waals surface area contributed by atoms with Gasteiger partial charge in [-0.05, 0) is 83.1 Å². The van der Waals surface area contributed by atoms with Gasteiger partial charge in [-0.25, -0.2) is 0 Å². The van der Waals surface area contributed by atoms with E-state index in [2.05, 4.69) is 38.1 Å². The second-order valence-corrected chi connectivity index (χ2v) is 8.12. The fraction of sp³-hybridized carbons (Fsp3) is 0.842. The molecule has 2 saturated carbocycles. The zero-order valence-corrected chi connectivity index (χ0v) is 15.0. The van der Waals surface area contributed by atoms with Crippen molar-refractivity contribution in [3.63, 3.8) is 0 Å². The molecular formula is C19H33N3. The molecule has 0 radical (unpaired) electrons. The molecule has 1 heterocycles. The molecule has 0 spiro atoms. The highest BCUT2D eigenvalue weighted by molar-refractivity contribution is 5.25. The van der Waals surface area contributed by atoms with Gasteiger partial charge in [-0.15, -0.1) is 0 Å². The number of hydrogen-bond acceptors (Lipinski definition) is 2. The third-order valence-electron chi connectivity index (χ3n) is 6.28. The molecule has 124 valence electrons. The smallest absolute Gasteiger partial charge is 0.0628 e. The van der Waals surface area contributed by atoms with Crippen LogP contribution in [0.1, 0.15) is 62.9 Å². The van der Waals surface area contributed by atoms with Crippen LogP contribution in [-0.2, 0) is 13.5 Å². The van der Waals surface area contributed by atoms with Gasteiger partial charge in [-0.3, -0.25) is 4.68 Å². The summed E-state index contributed by atoms with van der Waals surface area (Å²) in [5.41, 5.74) is 3.93. The van der Waals surface area contributed by atoms with E-state index in [9.17, 15) is 0 Å². The topological polar surface area (TPSA) is 29.9 Å². The van der Waals surface area contributed by atoms with Gasteiger partial charge in [-0.1, -0.05) is 6.42 Å². The molecule has 3 heteroatoms. The van der Waals surface area contributed by atoms with Gasteiger partial charge in [0.2, 0.25) is 0 Å². The van der Waals surface area contributed by atoms with Crippen molar-refractivity contribution in [3.05, 3.63) is 17.0 Å². The second kappa shape index (κ2) is 6.35. The minimum Gasteiger partial charge on any atom is -0.311 e. The normalized spacial score (nSPS) is 30.0. The first-order chi connectivity index (χ1) is 10.4. The lowest BCUT2D eigenvalue weighted by atomic mass is 9.84. The maximum atomic E-state index is 4.54. The van der Waals surface area contributed by atoms with Crippen molar-refractivity contribution in [2.45, 2.75) is 78.3 Å². The van der Waals surface area contributed by atoms with E-state index in [1.165, 1.54) is 49.1 Å². The van der Waals surface area contributed by atoms with Crippen LogP contribution in [-0.4, -0.2) is 21.9 Å². The summed E-state index contributed by atoms with van der Waals surface area (Å²) in [4.78, 5) is 0. The Bertz CT molecular complexity index is 519. The average molecular weight is 303 g/mol. The number of aryl methyl sites for hydroxylation is 2. The monoisotopic (exact) mass is 303 g/mol. The van der Waals surface area contributed by atoms with E-state index < -0.39 is 0 Å². The molecule has 3 rings (SSSR count). The number of nitrogens with zero attached hydrogens (tertiary/aromatic N) is 2. The van der Waals surface area contributed by atoms with Gasteiger partial charge in [0.25, 0.3) is 0 Å². The van der Waals surface area contributed by atoms with Crippen molar-refractivity contribution in [2.75, 3.05) is 0 Å². The van der Waals surface area contributed by atoms with Crippen molar-refractivity contribution < 1.29 is 0 Å². The number of hydrogen-bond donors (Lipinski definition) is 1. The summed E-state index contributed by atoms with van der Waals surface area (Å²) in [6, 6.07) is 1.16. The molecule has 1 aromatic rings. The van der Waals surface area contributed by atoms with Crippen LogP contribution >= 0.6 is 0 Å². The van der Waals surface area contributed by atoms with E-state index in [-0.39, 0.29) is 0 Å². The molecule has 2 aliphatic carbocycles. The third-order valence-corrected chi connectivity index (χ3v) is 6.28. The minimum atomic E-state index is 0.523. The van der Waals surface area contributed by atoms with Crippen LogP contribution in [0.2, 0.25) is 0 Å². The van der Waals surface area contributed by atoms with Gasteiger partial charge in [0, 0.05) is 24.8 Å². The molecule has 0 unspecified atom stereocenters. The molecule has 22 heavy (non-hydrogen) atoms. The van der Waals surface area contributed by atoms with Crippen LogP contribution in [0.25, 0.3) is 0 Å². The molecule has 2 fully saturated rings. The summed E-state index contributed by atoms with van der Waals surface area (Å²) in [7, 11) is 2.04. The Morgan fingerprint density at radius 2 is 1.95 bits per heavy atom. The van der Waals surface area contributed by atoms with Gasteiger partial charge in [0.1, 0.15) is 0 Å². The molecule has 0 aliphatic heterocycles. The molecule has 3 nitrogen and oxygen atoms in total. The van der Waals surface area contributed by atoms with E-state index >= 15 is 0 Å². The van der Waals surface area contributed by atoms with Crippen molar-refractivity contribution in [2.24, 2.45) is 24.8 Å². The minimum absolute atomic E-state index is 0.523. The van der Waals surface area contributed by atoms with Crippen LogP contribution in [0, 0.1) is 31.6 Å². The molecule has 2 bridgehead atoms. The maximum absolute atomic E-state index is 4.54. The third kappa shape index (κ3) is 3.24. The molecule has 0 amide bonds. The molecule has 1 aromatic heterocycles. The van der Waals surface area contributed by atoms with E-state index in [1.54, 1.807) is 0 Å². The molecule has 5 atom stereocenters. The summed E-state index contributed by atoms with van der Waals surface area (Å²) in [6.45, 7) is 9.02. The lowest BCUT2D eigenvalue weighted by molar-refractivity contribution is 0.276. The van der Waals surface area contributed by atoms with E-state index in [1.807, 2.05) is 11.7 Å². The summed E-state index contributed by atoms with van der Waals surface area (Å²) in [5.74, 6) is 3.11. The Morgan fingerprint density at radius 3 is 2.50 bits per heavy atom. The number of nitrogens with one attached hydrogen (secondary N) is 1. The van der Waals surface area contributed by atoms with Crippen LogP contribution in [0.15, 0.2) is 0 Å². The molecule has 0 aromatic carbocycles. The van der Waals surface area contributed by atoms with Crippen molar-refractivity contribution in [1.29, 1.82) is 0 Å². The molecule has 2 aliphatic rings. The predicted molar refractivity (Wildman–Crippen MR) is 92.0 cm³/mol. The van der Waals surface area contributed by atoms with Crippen molar-refractivity contribution in [1.82, 2.24) is 15.1 Å². The maximum Gasteiger partial charge on any atom is 0.0628 e. The van der Waals surface area contributed by atoms with Gasteiger partial charge in [0.15, 0.2) is 0 Å². The summed E-state index contributed by atoms with van der Waals surface area (Å²) in [6.07, 6.45) is 8.51. The van der Waals surface area contributed by atoms with Crippen molar-refractivity contribution >= 4 is 0 Å². The van der Waals surface area contributed by atoms with E-state index in [0.29, 0.717) is 12.1 Å². The Balaban J connectivity index is 1.49. The Morgan fingerprint density at radius 1 is 1.18 bits per heavy atom. The van der Waals surface area contributed by atoms with Gasteiger partial charge >= 0.3 is 0 Å². The number of aromatic nitrogens is 2. The van der Waals surface area contributed by atoms with E-state index in [4.69, 9.17) is 0 Å². The van der Waals surface area contributed by atoms with Crippen LogP contribution in [0.3, 0.4) is 0 Å². The molecule has 1 N–H and O–H groups in total. The molecular weight excluding hydrogens is 270 g/mol. The standard InChI is InChI=1S/C19H33N3/c1-12(8-18-11-16-6-7-17(18)10-16)20-13(2)9-19-14(3)21-22(5)15(19)4/h12-13,16-18,20H,6-11H2,1-5H3/t12-,13-,16-,17-,18+/m0/s1. The lowest BCUT2D eigenvalue weighted by Gasteiger charge is -2.27. The second-order valence-electron chi connectivity index (χ2n) is 8.12. The fourth-order valence-corrected chi connectivity index (χ4v) is 5.15. The quantitative estimate of drug-likeness (QED) is 0.867. The zero-order valence-electron chi connectivity index (χ0n) is 15.0. The Hall–Kier alpha value is -0.830. The van der Waals surface area contributed by atoms with E-state index in [0.717, 1.165) is 24.2 Å². The molecule has 0 saturated heterocycles. The summed E-state index contributed by atoms with van der Waals surface area (Å²) < 4.78 is 2.01. The first-order valence-corrected chi connectivity index (χ1v) is 9.19. The van der Waals surface area contributed by atoms with Crippen LogP contribution < -0.4 is 5.32 Å². The largest absolute Gasteiger partial charge is 0.311 e. The SMILES string of the molecule is Cc1nn(C)c(C)c1C[C@H](C)N[C@@H](C)C[C@@H]1C[C@H]2CC[C@H]1C2. The first kappa shape index (κ1) is 16.0. The number of rotatable bonds is 6. The average Bonchev–Trinajstić information content (AvgIpc) is 3.10. The Labute approximate surface area is 135 Å². The zero-order chi connectivity index (χ0) is 15.9. The highest BCUT2D eigenvalue weighted by Gasteiger charge is 2.39. The highest BCUT2D eigenvalue weighted by Crippen LogP contribution is 2.49.